The van der Waals surface area contributed by atoms with Gasteiger partial charge in [0.2, 0.25) is 11.8 Å². The number of Topliss-reactive ketones (excluding diaryl/α,β-unsaturated/α-hetero) is 1. The van der Waals surface area contributed by atoms with E-state index in [-0.39, 0.29) is 70.1 Å². The molecule has 1 saturated heterocycles. The summed E-state index contributed by atoms with van der Waals surface area (Å²) in [5.41, 5.74) is 2.00. The van der Waals surface area contributed by atoms with Crippen LogP contribution >= 0.6 is 0 Å². The number of pyridine rings is 1. The van der Waals surface area contributed by atoms with Crippen LogP contribution in [0.2, 0.25) is 0 Å². The number of rotatable bonds is 15. The molecule has 1 fully saturated rings. The summed E-state index contributed by atoms with van der Waals surface area (Å²) >= 11 is 0. The van der Waals surface area contributed by atoms with Gasteiger partial charge < -0.3 is 30.2 Å². The fourth-order valence-corrected chi connectivity index (χ4v) is 7.11. The molecule has 5 N–H and O–H groups in total. The zero-order valence-electron chi connectivity index (χ0n) is 32.0. The molecule has 1 unspecified atom stereocenters. The zero-order valence-corrected chi connectivity index (χ0v) is 32.0. The van der Waals surface area contributed by atoms with Gasteiger partial charge in [-0.2, -0.15) is 5.10 Å². The molecular formula is C41H39FN8O9. The summed E-state index contributed by atoms with van der Waals surface area (Å²) in [6.07, 6.45) is 5.79. The Bertz CT molecular complexity index is 2560. The summed E-state index contributed by atoms with van der Waals surface area (Å²) in [4.78, 5) is 90.1. The summed E-state index contributed by atoms with van der Waals surface area (Å²) < 4.78 is 24.4. The number of unbranched alkanes of at least 4 members (excludes halogenated alkanes) is 1. The third-order valence-corrected chi connectivity index (χ3v) is 10.0. The molecule has 7 rings (SSSR count). The molecule has 0 spiro atoms. The van der Waals surface area contributed by atoms with Crippen molar-refractivity contribution in [2.45, 2.75) is 45.3 Å². The van der Waals surface area contributed by atoms with Gasteiger partial charge in [0, 0.05) is 68.8 Å². The highest BCUT2D eigenvalue weighted by Gasteiger charge is 2.45. The van der Waals surface area contributed by atoms with Crippen molar-refractivity contribution in [2.24, 2.45) is 7.05 Å². The van der Waals surface area contributed by atoms with Gasteiger partial charge in [0.15, 0.2) is 18.2 Å². The van der Waals surface area contributed by atoms with Crippen LogP contribution in [-0.2, 0) is 28.0 Å². The van der Waals surface area contributed by atoms with Crippen LogP contribution in [0.1, 0.15) is 79.7 Å². The van der Waals surface area contributed by atoms with Gasteiger partial charge in [0.05, 0.1) is 46.4 Å². The number of ketones is 1. The second kappa shape index (κ2) is 16.7. The highest BCUT2D eigenvalue weighted by atomic mass is 19.1. The molecule has 304 valence electrons. The summed E-state index contributed by atoms with van der Waals surface area (Å²) in [6, 6.07) is 10.9. The molecule has 5 aromatic rings. The lowest BCUT2D eigenvalue weighted by molar-refractivity contribution is -0.136. The molecular weight excluding hydrogens is 767 g/mol. The lowest BCUT2D eigenvalue weighted by Gasteiger charge is -2.27. The van der Waals surface area contributed by atoms with Gasteiger partial charge in [-0.1, -0.05) is 6.07 Å². The van der Waals surface area contributed by atoms with Crippen LogP contribution in [0.25, 0.3) is 16.6 Å². The second-order valence-corrected chi connectivity index (χ2v) is 14.1. The van der Waals surface area contributed by atoms with E-state index in [1.807, 2.05) is 0 Å². The van der Waals surface area contributed by atoms with Gasteiger partial charge in [0.25, 0.3) is 23.6 Å². The highest BCUT2D eigenvalue weighted by molar-refractivity contribution is 6.25. The molecule has 2 aliphatic heterocycles. The van der Waals surface area contributed by atoms with Crippen molar-refractivity contribution in [3.63, 3.8) is 0 Å². The molecule has 1 atom stereocenters. The average molecular weight is 807 g/mol. The molecule has 17 nitrogen and oxygen atoms in total. The van der Waals surface area contributed by atoms with E-state index in [9.17, 15) is 38.7 Å². The van der Waals surface area contributed by atoms with E-state index in [2.05, 4.69) is 26.4 Å². The van der Waals surface area contributed by atoms with E-state index < -0.39 is 53.9 Å². The van der Waals surface area contributed by atoms with Crippen molar-refractivity contribution < 1.29 is 47.8 Å². The monoisotopic (exact) mass is 806 g/mol. The number of aliphatic hydroxyl groups is 1. The SMILES string of the molecule is CC(=O)c1cc(C(=O)Nc2cc(CO)cc(-c3cnn(C)c3)c2F)c2cc(OCC(=O)NCCCCNc3cccc4c3C(=O)N(C3CCC(=O)NC3=O)C4=O)ccn12. The topological polar surface area (TPSA) is 223 Å². The number of imide groups is 2. The summed E-state index contributed by atoms with van der Waals surface area (Å²) in [5, 5.41) is 24.6. The third kappa shape index (κ3) is 8.15. The highest BCUT2D eigenvalue weighted by Crippen LogP contribution is 2.33. The molecule has 5 heterocycles. The predicted molar refractivity (Wildman–Crippen MR) is 209 cm³/mol. The normalized spacial score (nSPS) is 15.0. The largest absolute Gasteiger partial charge is 0.484 e. The van der Waals surface area contributed by atoms with Crippen molar-refractivity contribution in [1.29, 1.82) is 0 Å². The average Bonchev–Trinajstić information content (AvgIpc) is 3.89. The van der Waals surface area contributed by atoms with Gasteiger partial charge in [-0.05, 0) is 61.2 Å². The van der Waals surface area contributed by atoms with Crippen LogP contribution in [-0.4, -0.2) is 91.2 Å². The maximum absolute atomic E-state index is 15.7. The Morgan fingerprint density at radius 1 is 1.00 bits per heavy atom. The lowest BCUT2D eigenvalue weighted by atomic mass is 10.0. The van der Waals surface area contributed by atoms with Crippen molar-refractivity contribution in [1.82, 2.24) is 29.7 Å². The first kappa shape index (κ1) is 40.0. The van der Waals surface area contributed by atoms with E-state index >= 15 is 4.39 Å². The molecule has 2 aliphatic rings. The van der Waals surface area contributed by atoms with Gasteiger partial charge >= 0.3 is 0 Å². The minimum absolute atomic E-state index is 0.0227. The smallest absolute Gasteiger partial charge is 0.264 e. The number of hydrogen-bond acceptors (Lipinski definition) is 11. The number of piperidine rings is 1. The fraction of sp³-hybridized carbons (Fsp3) is 0.268. The Morgan fingerprint density at radius 3 is 2.53 bits per heavy atom. The number of amides is 6. The Balaban J connectivity index is 0.931. The standard InChI is InChI=1S/C41H39FN8O9/c1-22(52)32-17-28(38(55)46-30-15-23(20-51)14-27(37(30)42)24-18-45-48(2)19-24)33-16-25(10-13-49(32)33)59-21-35(54)44-12-4-3-11-43-29-7-5-6-26-36(29)41(58)50(40(26)57)31-8-9-34(53)47-39(31)56/h5-7,10,13-19,31,43,51H,3-4,8-9,11-12,20-21H2,1-2H3,(H,44,54)(H,46,55)(H,47,53,56). The number of aryl methyl sites for hydroxylation is 1. The van der Waals surface area contributed by atoms with Gasteiger partial charge in [-0.3, -0.25) is 48.5 Å². The Hall–Kier alpha value is -7.21. The number of halogens is 1. The first-order chi connectivity index (χ1) is 28.3. The Morgan fingerprint density at radius 2 is 1.80 bits per heavy atom. The third-order valence-electron chi connectivity index (χ3n) is 10.0. The first-order valence-corrected chi connectivity index (χ1v) is 18.7. The predicted octanol–water partition coefficient (Wildman–Crippen LogP) is 3.21. The number of ether oxygens (including phenoxy) is 1. The van der Waals surface area contributed by atoms with E-state index in [4.69, 9.17) is 4.74 Å². The van der Waals surface area contributed by atoms with Crippen LogP contribution in [0, 0.1) is 5.82 Å². The number of anilines is 2. The van der Waals surface area contributed by atoms with Gasteiger partial charge in [0.1, 0.15) is 11.8 Å². The van der Waals surface area contributed by atoms with E-state index in [1.54, 1.807) is 25.4 Å². The van der Waals surface area contributed by atoms with Crippen molar-refractivity contribution in [3.05, 3.63) is 101 Å². The minimum Gasteiger partial charge on any atom is -0.484 e. The summed E-state index contributed by atoms with van der Waals surface area (Å²) in [6.45, 7) is 1.28. The molecule has 0 radical (unpaired) electrons. The van der Waals surface area contributed by atoms with Gasteiger partial charge in [-0.15, -0.1) is 0 Å². The number of carbonyl (C=O) groups excluding carboxylic acids is 7. The molecule has 6 amide bonds. The number of aromatic nitrogens is 3. The number of fused-ring (bicyclic) bond motifs is 2. The second-order valence-electron chi connectivity index (χ2n) is 14.1. The van der Waals surface area contributed by atoms with Gasteiger partial charge in [-0.25, -0.2) is 4.39 Å². The van der Waals surface area contributed by atoms with Crippen LogP contribution in [0.15, 0.2) is 67.1 Å². The maximum Gasteiger partial charge on any atom is 0.264 e. The Labute approximate surface area is 335 Å². The number of hydrogen-bond donors (Lipinski definition) is 5. The number of carbonyl (C=O) groups is 7. The fourth-order valence-electron chi connectivity index (χ4n) is 7.11. The minimum atomic E-state index is -1.07. The van der Waals surface area contributed by atoms with Crippen LogP contribution in [0.3, 0.4) is 0 Å². The quantitative estimate of drug-likeness (QED) is 0.0587. The molecule has 0 bridgehead atoms. The number of nitrogens with zero attached hydrogens (tertiary/aromatic N) is 4. The lowest BCUT2D eigenvalue weighted by Crippen LogP contribution is -2.54. The molecule has 2 aromatic carbocycles. The van der Waals surface area contributed by atoms with Crippen LogP contribution < -0.4 is 26.0 Å². The molecule has 0 saturated carbocycles. The zero-order chi connectivity index (χ0) is 42.0. The van der Waals surface area contributed by atoms with Crippen molar-refractivity contribution >= 4 is 58.1 Å². The van der Waals surface area contributed by atoms with Crippen molar-refractivity contribution in [3.8, 4) is 16.9 Å². The number of benzene rings is 2. The first-order valence-electron chi connectivity index (χ1n) is 18.7. The molecule has 3 aromatic heterocycles. The van der Waals surface area contributed by atoms with E-state index in [1.165, 1.54) is 64.8 Å². The summed E-state index contributed by atoms with van der Waals surface area (Å²) in [7, 11) is 1.68. The van der Waals surface area contributed by atoms with Crippen LogP contribution in [0.4, 0.5) is 15.8 Å². The summed E-state index contributed by atoms with van der Waals surface area (Å²) in [5.74, 6) is -4.33. The van der Waals surface area contributed by atoms with E-state index in [0.717, 1.165) is 4.90 Å². The number of nitrogens with one attached hydrogen (secondary N) is 4. The maximum atomic E-state index is 15.7. The molecule has 0 aliphatic carbocycles. The Kier molecular flexibility index (Phi) is 11.3. The van der Waals surface area contributed by atoms with Crippen molar-refractivity contribution in [2.75, 3.05) is 30.3 Å². The molecule has 18 heteroatoms. The molecule has 59 heavy (non-hydrogen) atoms. The number of aliphatic hydroxyl groups excluding tert-OH is 1. The van der Waals surface area contributed by atoms with E-state index in [0.29, 0.717) is 42.7 Å². The van der Waals surface area contributed by atoms with Crippen LogP contribution in [0.5, 0.6) is 5.75 Å².